The van der Waals surface area contributed by atoms with Crippen molar-refractivity contribution in [1.29, 1.82) is 0 Å². The van der Waals surface area contributed by atoms with Gasteiger partial charge in [-0.3, -0.25) is 0 Å². The van der Waals surface area contributed by atoms with Crippen molar-refractivity contribution < 1.29 is 0 Å². The summed E-state index contributed by atoms with van der Waals surface area (Å²) in [6.45, 7) is 7.61. The second kappa shape index (κ2) is 5.67. The van der Waals surface area contributed by atoms with Crippen LogP contribution in [-0.4, -0.2) is 6.54 Å². The Kier molecular flexibility index (Phi) is 5.38. The molecule has 1 nitrogen and oxygen atoms in total. The zero-order valence-electron chi connectivity index (χ0n) is 6.65. The van der Waals surface area contributed by atoms with E-state index >= 15 is 0 Å². The maximum atomic E-state index is 3.21. The van der Waals surface area contributed by atoms with Crippen molar-refractivity contribution in [3.8, 4) is 0 Å². The first-order valence-electron chi connectivity index (χ1n) is 3.65. The average Bonchev–Trinajstić information content (AvgIpc) is 1.80. The molecule has 0 aromatic rings. The second-order valence-corrected chi connectivity index (χ2v) is 2.61. The fraction of sp³-hybridized carbons (Fsp3) is 0.750. The first kappa shape index (κ1) is 8.54. The van der Waals surface area contributed by atoms with E-state index in [0.29, 0.717) is 0 Å². The number of hydrogen-bond donors (Lipinski definition) is 1. The predicted molar refractivity (Wildman–Crippen MR) is 42.3 cm³/mol. The quantitative estimate of drug-likeness (QED) is 0.610. The largest absolute Gasteiger partial charge is 0.391 e. The zero-order valence-corrected chi connectivity index (χ0v) is 6.65. The van der Waals surface area contributed by atoms with E-state index in [1.807, 2.05) is 6.20 Å². The van der Waals surface area contributed by atoms with Crippen LogP contribution < -0.4 is 5.32 Å². The molecule has 0 fully saturated rings. The molecule has 0 atom stereocenters. The summed E-state index contributed by atoms with van der Waals surface area (Å²) in [5, 5.41) is 3.21. The zero-order chi connectivity index (χ0) is 7.11. The summed E-state index contributed by atoms with van der Waals surface area (Å²) in [7, 11) is 0. The molecular weight excluding hydrogens is 110 g/mol. The number of allylic oxidation sites excluding steroid dienone is 1. The molecule has 0 aliphatic rings. The molecular formula is C8H17N. The van der Waals surface area contributed by atoms with Crippen molar-refractivity contribution >= 4 is 0 Å². The minimum Gasteiger partial charge on any atom is -0.391 e. The maximum Gasteiger partial charge on any atom is 0.0164 e. The molecule has 0 bridgehead atoms. The Balaban J connectivity index is 2.99. The second-order valence-electron chi connectivity index (χ2n) is 2.61. The monoisotopic (exact) mass is 127 g/mol. The summed E-state index contributed by atoms with van der Waals surface area (Å²) in [4.78, 5) is 0. The summed E-state index contributed by atoms with van der Waals surface area (Å²) < 4.78 is 0. The van der Waals surface area contributed by atoms with Crippen molar-refractivity contribution in [2.75, 3.05) is 6.54 Å². The van der Waals surface area contributed by atoms with E-state index in [9.17, 15) is 0 Å². The standard InChI is InChI=1S/C8H17N/c1-4-5-6-9-7-8(2)3/h5-6,8-9H,4,7H2,1-3H3/b6-5+. The molecule has 0 saturated carbocycles. The molecule has 9 heavy (non-hydrogen) atoms. The molecule has 0 radical (unpaired) electrons. The van der Waals surface area contributed by atoms with Gasteiger partial charge in [0.25, 0.3) is 0 Å². The van der Waals surface area contributed by atoms with Crippen molar-refractivity contribution in [2.24, 2.45) is 5.92 Å². The lowest BCUT2D eigenvalue weighted by molar-refractivity contribution is 0.610. The topological polar surface area (TPSA) is 12.0 Å². The van der Waals surface area contributed by atoms with Crippen LogP contribution in [0.15, 0.2) is 12.3 Å². The highest BCUT2D eigenvalue weighted by Gasteiger charge is 1.86. The van der Waals surface area contributed by atoms with Crippen LogP contribution in [0.25, 0.3) is 0 Å². The van der Waals surface area contributed by atoms with Crippen LogP contribution in [0.4, 0.5) is 0 Å². The summed E-state index contributed by atoms with van der Waals surface area (Å²) in [6, 6.07) is 0. The molecule has 0 rings (SSSR count). The van der Waals surface area contributed by atoms with Gasteiger partial charge in [0.05, 0.1) is 0 Å². The van der Waals surface area contributed by atoms with E-state index in [2.05, 4.69) is 32.2 Å². The predicted octanol–water partition coefficient (Wildman–Crippen LogP) is 2.16. The normalized spacial score (nSPS) is 11.1. The molecule has 0 aliphatic heterocycles. The molecule has 0 heterocycles. The molecule has 0 unspecified atom stereocenters. The Bertz CT molecular complexity index is 74.6. The highest BCUT2D eigenvalue weighted by molar-refractivity contribution is 4.77. The Morgan fingerprint density at radius 2 is 2.11 bits per heavy atom. The van der Waals surface area contributed by atoms with Gasteiger partial charge < -0.3 is 5.32 Å². The van der Waals surface area contributed by atoms with E-state index in [4.69, 9.17) is 0 Å². The fourth-order valence-electron chi connectivity index (χ4n) is 0.505. The van der Waals surface area contributed by atoms with Crippen LogP contribution in [-0.2, 0) is 0 Å². The van der Waals surface area contributed by atoms with Gasteiger partial charge >= 0.3 is 0 Å². The van der Waals surface area contributed by atoms with Crippen LogP contribution in [0.2, 0.25) is 0 Å². The third-order valence-corrected chi connectivity index (χ3v) is 0.998. The van der Waals surface area contributed by atoms with Crippen molar-refractivity contribution in [2.45, 2.75) is 27.2 Å². The highest BCUT2D eigenvalue weighted by Crippen LogP contribution is 1.86. The van der Waals surface area contributed by atoms with Crippen molar-refractivity contribution in [1.82, 2.24) is 5.32 Å². The maximum absolute atomic E-state index is 3.21. The van der Waals surface area contributed by atoms with Crippen LogP contribution in [0.5, 0.6) is 0 Å². The lowest BCUT2D eigenvalue weighted by Gasteiger charge is -2.02. The summed E-state index contributed by atoms with van der Waals surface area (Å²) >= 11 is 0. The van der Waals surface area contributed by atoms with Gasteiger partial charge in [-0.2, -0.15) is 0 Å². The van der Waals surface area contributed by atoms with E-state index < -0.39 is 0 Å². The highest BCUT2D eigenvalue weighted by atomic mass is 14.8. The molecule has 0 saturated heterocycles. The first-order chi connectivity index (χ1) is 4.27. The molecule has 1 heteroatoms. The summed E-state index contributed by atoms with van der Waals surface area (Å²) in [6.07, 6.45) is 5.27. The van der Waals surface area contributed by atoms with Gasteiger partial charge in [-0.1, -0.05) is 26.8 Å². The molecule has 0 aromatic carbocycles. The van der Waals surface area contributed by atoms with Crippen LogP contribution >= 0.6 is 0 Å². The number of nitrogens with one attached hydrogen (secondary N) is 1. The van der Waals surface area contributed by atoms with E-state index in [-0.39, 0.29) is 0 Å². The SMILES string of the molecule is CC/C=C/NCC(C)C. The summed E-state index contributed by atoms with van der Waals surface area (Å²) in [5.41, 5.74) is 0. The van der Waals surface area contributed by atoms with Gasteiger partial charge in [0, 0.05) is 6.54 Å². The lowest BCUT2D eigenvalue weighted by atomic mass is 10.2. The molecule has 0 aliphatic carbocycles. The van der Waals surface area contributed by atoms with Crippen LogP contribution in [0, 0.1) is 5.92 Å². The van der Waals surface area contributed by atoms with E-state index in [1.54, 1.807) is 0 Å². The van der Waals surface area contributed by atoms with Gasteiger partial charge in [0.2, 0.25) is 0 Å². The average molecular weight is 127 g/mol. The van der Waals surface area contributed by atoms with Crippen LogP contribution in [0.1, 0.15) is 27.2 Å². The molecule has 0 spiro atoms. The molecule has 0 aromatic heterocycles. The number of hydrogen-bond acceptors (Lipinski definition) is 1. The minimum atomic E-state index is 0.742. The fourth-order valence-corrected chi connectivity index (χ4v) is 0.505. The third kappa shape index (κ3) is 7.54. The van der Waals surface area contributed by atoms with Gasteiger partial charge in [0.15, 0.2) is 0 Å². The smallest absolute Gasteiger partial charge is 0.0164 e. The van der Waals surface area contributed by atoms with Gasteiger partial charge in [-0.15, -0.1) is 0 Å². The van der Waals surface area contributed by atoms with E-state index in [1.165, 1.54) is 0 Å². The Labute approximate surface area is 58.2 Å². The molecule has 54 valence electrons. The molecule has 1 N–H and O–H groups in total. The molecule has 0 amide bonds. The minimum absolute atomic E-state index is 0.742. The first-order valence-corrected chi connectivity index (χ1v) is 3.65. The Hall–Kier alpha value is -0.460. The van der Waals surface area contributed by atoms with E-state index in [0.717, 1.165) is 18.9 Å². The summed E-state index contributed by atoms with van der Waals surface area (Å²) in [5.74, 6) is 0.742. The third-order valence-electron chi connectivity index (χ3n) is 0.998. The number of rotatable bonds is 4. The lowest BCUT2D eigenvalue weighted by Crippen LogP contribution is -2.12. The van der Waals surface area contributed by atoms with Crippen LogP contribution in [0.3, 0.4) is 0 Å². The Morgan fingerprint density at radius 1 is 1.44 bits per heavy atom. The van der Waals surface area contributed by atoms with Gasteiger partial charge in [-0.05, 0) is 18.5 Å². The Morgan fingerprint density at radius 3 is 2.56 bits per heavy atom. The van der Waals surface area contributed by atoms with Crippen molar-refractivity contribution in [3.05, 3.63) is 12.3 Å². The van der Waals surface area contributed by atoms with Gasteiger partial charge in [-0.25, -0.2) is 0 Å². The van der Waals surface area contributed by atoms with Crippen molar-refractivity contribution in [3.63, 3.8) is 0 Å². The van der Waals surface area contributed by atoms with Gasteiger partial charge in [0.1, 0.15) is 0 Å².